The van der Waals surface area contributed by atoms with E-state index >= 15 is 0 Å². The molecule has 0 aromatic carbocycles. The third kappa shape index (κ3) is 3.69. The predicted molar refractivity (Wildman–Crippen MR) is 62.3 cm³/mol. The van der Waals surface area contributed by atoms with E-state index in [2.05, 4.69) is 19.4 Å². The van der Waals surface area contributed by atoms with Crippen molar-refractivity contribution in [2.24, 2.45) is 0 Å². The van der Waals surface area contributed by atoms with Gasteiger partial charge in [-0.2, -0.15) is 18.1 Å². The van der Waals surface area contributed by atoms with Crippen molar-refractivity contribution >= 4 is 27.8 Å². The molecule has 1 aliphatic rings. The zero-order valence-electron chi connectivity index (χ0n) is 8.97. The SMILES string of the molecule is COc1cc(Cl)nc(NS(=O)(=O)NC2CC2)n1. The molecule has 1 aromatic rings. The van der Waals surface area contributed by atoms with Gasteiger partial charge in [0, 0.05) is 12.1 Å². The molecular weight excluding hydrogens is 268 g/mol. The molecule has 0 saturated heterocycles. The maximum Gasteiger partial charge on any atom is 0.301 e. The number of hydrogen-bond donors (Lipinski definition) is 2. The van der Waals surface area contributed by atoms with Gasteiger partial charge in [0.15, 0.2) is 0 Å². The number of ether oxygens (including phenoxy) is 1. The minimum Gasteiger partial charge on any atom is -0.481 e. The molecule has 0 unspecified atom stereocenters. The quantitative estimate of drug-likeness (QED) is 0.767. The van der Waals surface area contributed by atoms with Crippen LogP contribution in [0.25, 0.3) is 0 Å². The molecule has 9 heteroatoms. The zero-order chi connectivity index (χ0) is 12.5. The molecule has 17 heavy (non-hydrogen) atoms. The molecule has 0 radical (unpaired) electrons. The molecule has 0 aliphatic heterocycles. The summed E-state index contributed by atoms with van der Waals surface area (Å²) in [5.41, 5.74) is 0. The summed E-state index contributed by atoms with van der Waals surface area (Å²) in [6, 6.07) is 1.39. The lowest BCUT2D eigenvalue weighted by Crippen LogP contribution is -2.32. The molecule has 1 fully saturated rings. The third-order valence-corrected chi connectivity index (χ3v) is 3.29. The standard InChI is InChI=1S/C8H11ClN4O3S/c1-16-7-4-6(9)10-8(11-7)13-17(14,15)12-5-2-3-5/h4-5,12H,2-3H2,1H3,(H,10,11,13). The number of aromatic nitrogens is 2. The minimum absolute atomic E-state index is 0.00794. The number of halogens is 1. The predicted octanol–water partition coefficient (Wildman–Crippen LogP) is 0.547. The van der Waals surface area contributed by atoms with E-state index < -0.39 is 10.2 Å². The van der Waals surface area contributed by atoms with Gasteiger partial charge in [0.05, 0.1) is 7.11 Å². The van der Waals surface area contributed by atoms with Gasteiger partial charge in [-0.3, -0.25) is 0 Å². The molecule has 2 N–H and O–H groups in total. The van der Waals surface area contributed by atoms with E-state index in [1.807, 2.05) is 0 Å². The number of anilines is 1. The lowest BCUT2D eigenvalue weighted by atomic mass is 10.6. The second-order valence-corrected chi connectivity index (χ2v) is 5.39. The molecule has 0 atom stereocenters. The average Bonchev–Trinajstić information content (AvgIpc) is 2.98. The van der Waals surface area contributed by atoms with Crippen LogP contribution in [0.5, 0.6) is 5.88 Å². The van der Waals surface area contributed by atoms with Crippen molar-refractivity contribution in [3.63, 3.8) is 0 Å². The molecule has 0 bridgehead atoms. The fourth-order valence-electron chi connectivity index (χ4n) is 1.12. The molecule has 1 saturated carbocycles. The average molecular weight is 279 g/mol. The Bertz CT molecular complexity index is 518. The van der Waals surface area contributed by atoms with Gasteiger partial charge in [-0.25, -0.2) is 9.71 Å². The van der Waals surface area contributed by atoms with E-state index in [0.717, 1.165) is 12.8 Å². The van der Waals surface area contributed by atoms with Crippen LogP contribution in [-0.2, 0) is 10.2 Å². The van der Waals surface area contributed by atoms with Gasteiger partial charge in [0.25, 0.3) is 0 Å². The summed E-state index contributed by atoms with van der Waals surface area (Å²) in [7, 11) is -2.25. The Balaban J connectivity index is 2.14. The Morgan fingerprint density at radius 1 is 1.47 bits per heavy atom. The van der Waals surface area contributed by atoms with Gasteiger partial charge in [-0.1, -0.05) is 11.6 Å². The van der Waals surface area contributed by atoms with Gasteiger partial charge in [-0.15, -0.1) is 0 Å². The Morgan fingerprint density at radius 3 is 2.76 bits per heavy atom. The highest BCUT2D eigenvalue weighted by Crippen LogP contribution is 2.20. The second-order valence-electron chi connectivity index (χ2n) is 3.55. The molecule has 0 spiro atoms. The van der Waals surface area contributed by atoms with E-state index in [1.54, 1.807) is 0 Å². The summed E-state index contributed by atoms with van der Waals surface area (Å²) in [6.07, 6.45) is 1.70. The van der Waals surface area contributed by atoms with Crippen molar-refractivity contribution in [3.8, 4) is 5.88 Å². The van der Waals surface area contributed by atoms with Crippen LogP contribution in [0, 0.1) is 0 Å². The summed E-state index contributed by atoms with van der Waals surface area (Å²) >= 11 is 5.69. The molecule has 1 heterocycles. The van der Waals surface area contributed by atoms with E-state index in [0.29, 0.717) is 0 Å². The van der Waals surface area contributed by atoms with Crippen molar-refractivity contribution in [1.29, 1.82) is 0 Å². The van der Waals surface area contributed by atoms with E-state index in [9.17, 15) is 8.42 Å². The molecule has 1 aliphatic carbocycles. The molecule has 7 nitrogen and oxygen atoms in total. The van der Waals surface area contributed by atoms with Gasteiger partial charge in [-0.05, 0) is 12.8 Å². The van der Waals surface area contributed by atoms with Crippen molar-refractivity contribution in [3.05, 3.63) is 11.2 Å². The highest BCUT2D eigenvalue weighted by Gasteiger charge is 2.27. The molecule has 1 aromatic heterocycles. The van der Waals surface area contributed by atoms with Crippen LogP contribution < -0.4 is 14.2 Å². The minimum atomic E-state index is -3.65. The van der Waals surface area contributed by atoms with Crippen LogP contribution >= 0.6 is 11.6 Å². The molecule has 2 rings (SSSR count). The zero-order valence-corrected chi connectivity index (χ0v) is 10.5. The maximum atomic E-state index is 11.6. The number of rotatable bonds is 5. The van der Waals surface area contributed by atoms with Crippen LogP contribution in [0.2, 0.25) is 5.15 Å². The number of nitrogens with zero attached hydrogens (tertiary/aromatic N) is 2. The van der Waals surface area contributed by atoms with Crippen molar-refractivity contribution < 1.29 is 13.2 Å². The molecule has 94 valence electrons. The number of hydrogen-bond acceptors (Lipinski definition) is 5. The Hall–Kier alpha value is -1.12. The van der Waals surface area contributed by atoms with Crippen LogP contribution in [0.1, 0.15) is 12.8 Å². The fourth-order valence-corrected chi connectivity index (χ4v) is 2.36. The van der Waals surface area contributed by atoms with Gasteiger partial charge in [0.2, 0.25) is 11.8 Å². The Morgan fingerprint density at radius 2 is 2.18 bits per heavy atom. The lowest BCUT2D eigenvalue weighted by molar-refractivity contribution is 0.397. The van der Waals surface area contributed by atoms with Crippen molar-refractivity contribution in [2.45, 2.75) is 18.9 Å². The van der Waals surface area contributed by atoms with Crippen molar-refractivity contribution in [2.75, 3.05) is 11.8 Å². The highest BCUT2D eigenvalue weighted by molar-refractivity contribution is 7.90. The monoisotopic (exact) mass is 278 g/mol. The normalized spacial score (nSPS) is 15.6. The molecule has 0 amide bonds. The molecular formula is C8H11ClN4O3S. The summed E-state index contributed by atoms with van der Waals surface area (Å²) in [5, 5.41) is 0.0981. The van der Waals surface area contributed by atoms with Crippen LogP contribution in [0.15, 0.2) is 6.07 Å². The largest absolute Gasteiger partial charge is 0.481 e. The van der Waals surface area contributed by atoms with Crippen molar-refractivity contribution in [1.82, 2.24) is 14.7 Å². The first kappa shape index (κ1) is 12.3. The van der Waals surface area contributed by atoms with Gasteiger partial charge < -0.3 is 4.74 Å². The van der Waals surface area contributed by atoms with Crippen LogP contribution in [-0.4, -0.2) is 31.5 Å². The van der Waals surface area contributed by atoms with Crippen LogP contribution in [0.4, 0.5) is 5.95 Å². The Kier molecular flexibility index (Phi) is 3.36. The van der Waals surface area contributed by atoms with E-state index in [4.69, 9.17) is 16.3 Å². The Labute approximate surface area is 104 Å². The number of methoxy groups -OCH3 is 1. The highest BCUT2D eigenvalue weighted by atomic mass is 35.5. The smallest absolute Gasteiger partial charge is 0.301 e. The lowest BCUT2D eigenvalue weighted by Gasteiger charge is -2.08. The van der Waals surface area contributed by atoms with Crippen LogP contribution in [0.3, 0.4) is 0 Å². The number of nitrogens with one attached hydrogen (secondary N) is 2. The topological polar surface area (TPSA) is 93.2 Å². The fraction of sp³-hybridized carbons (Fsp3) is 0.500. The third-order valence-electron chi connectivity index (χ3n) is 2.01. The second kappa shape index (κ2) is 4.63. The maximum absolute atomic E-state index is 11.6. The summed E-state index contributed by atoms with van der Waals surface area (Å²) in [6.45, 7) is 0. The van der Waals surface area contributed by atoms with Gasteiger partial charge >= 0.3 is 10.2 Å². The first-order valence-electron chi connectivity index (χ1n) is 4.87. The van der Waals surface area contributed by atoms with Gasteiger partial charge in [0.1, 0.15) is 5.15 Å². The summed E-state index contributed by atoms with van der Waals surface area (Å²) < 4.78 is 32.6. The summed E-state index contributed by atoms with van der Waals surface area (Å²) in [5.74, 6) is 0.0663. The van der Waals surface area contributed by atoms with E-state index in [-0.39, 0.29) is 23.0 Å². The van der Waals surface area contributed by atoms with E-state index in [1.165, 1.54) is 13.2 Å². The summed E-state index contributed by atoms with van der Waals surface area (Å²) in [4.78, 5) is 7.56. The first-order valence-corrected chi connectivity index (χ1v) is 6.73. The first-order chi connectivity index (χ1) is 7.98.